The SMILES string of the molecule is C=CCNC(=NCc1nnc(C)n1C)NC1CCN(Cc2ccsc2)CC1.I. The highest BCUT2D eigenvalue weighted by atomic mass is 127. The summed E-state index contributed by atoms with van der Waals surface area (Å²) in [7, 11) is 1.97. The first kappa shape index (κ1) is 22.8. The van der Waals surface area contributed by atoms with Gasteiger partial charge in [0.25, 0.3) is 0 Å². The fourth-order valence-corrected chi connectivity index (χ4v) is 3.79. The van der Waals surface area contributed by atoms with Crippen LogP contribution in [0.25, 0.3) is 0 Å². The second kappa shape index (κ2) is 11.5. The fraction of sp³-hybridized carbons (Fsp3) is 0.526. The molecule has 1 saturated heterocycles. The Hall–Kier alpha value is -1.46. The number of halogens is 1. The molecule has 0 aliphatic carbocycles. The third-order valence-corrected chi connectivity index (χ3v) is 5.62. The maximum atomic E-state index is 4.69. The molecule has 1 aliphatic heterocycles. The largest absolute Gasteiger partial charge is 0.354 e. The minimum absolute atomic E-state index is 0. The predicted molar refractivity (Wildman–Crippen MR) is 126 cm³/mol. The molecule has 0 bridgehead atoms. The number of hydrogen-bond donors (Lipinski definition) is 2. The van der Waals surface area contributed by atoms with E-state index in [9.17, 15) is 0 Å². The van der Waals surface area contributed by atoms with Crippen LogP contribution in [0, 0.1) is 6.92 Å². The van der Waals surface area contributed by atoms with Crippen molar-refractivity contribution in [2.45, 2.75) is 38.9 Å². The van der Waals surface area contributed by atoms with Crippen LogP contribution in [0.1, 0.15) is 30.1 Å². The molecule has 0 aromatic carbocycles. The number of thiophene rings is 1. The zero-order valence-corrected chi connectivity index (χ0v) is 19.7. The topological polar surface area (TPSA) is 70.4 Å². The van der Waals surface area contributed by atoms with Crippen molar-refractivity contribution in [3.05, 3.63) is 46.7 Å². The summed E-state index contributed by atoms with van der Waals surface area (Å²) in [5.74, 6) is 2.57. The second-order valence-corrected chi connectivity index (χ2v) is 7.66. The Morgan fingerprint density at radius 2 is 2.18 bits per heavy atom. The van der Waals surface area contributed by atoms with Crippen molar-refractivity contribution in [3.8, 4) is 0 Å². The van der Waals surface area contributed by atoms with Gasteiger partial charge in [-0.05, 0) is 42.2 Å². The minimum atomic E-state index is 0. The Bertz CT molecular complexity index is 748. The highest BCUT2D eigenvalue weighted by molar-refractivity contribution is 14.0. The summed E-state index contributed by atoms with van der Waals surface area (Å²) >= 11 is 1.77. The van der Waals surface area contributed by atoms with Gasteiger partial charge >= 0.3 is 0 Å². The van der Waals surface area contributed by atoms with Gasteiger partial charge in [0.15, 0.2) is 11.8 Å². The third-order valence-electron chi connectivity index (χ3n) is 4.89. The Morgan fingerprint density at radius 3 is 2.79 bits per heavy atom. The number of nitrogens with zero attached hydrogens (tertiary/aromatic N) is 5. The highest BCUT2D eigenvalue weighted by Crippen LogP contribution is 2.15. The average molecular weight is 515 g/mol. The first-order valence-corrected chi connectivity index (χ1v) is 10.3. The van der Waals surface area contributed by atoms with Crippen LogP contribution in [-0.2, 0) is 20.1 Å². The van der Waals surface area contributed by atoms with Crippen LogP contribution in [0.2, 0.25) is 0 Å². The molecule has 2 aromatic rings. The summed E-state index contributed by atoms with van der Waals surface area (Å²) in [5.41, 5.74) is 1.42. The van der Waals surface area contributed by atoms with Gasteiger partial charge in [0.2, 0.25) is 0 Å². The normalized spacial score (nSPS) is 15.9. The smallest absolute Gasteiger partial charge is 0.192 e. The number of nitrogens with one attached hydrogen (secondary N) is 2. The summed E-state index contributed by atoms with van der Waals surface area (Å²) in [6.07, 6.45) is 4.07. The number of aryl methyl sites for hydroxylation is 1. The van der Waals surface area contributed by atoms with Gasteiger partial charge in [0.05, 0.1) is 0 Å². The van der Waals surface area contributed by atoms with E-state index >= 15 is 0 Å². The van der Waals surface area contributed by atoms with Gasteiger partial charge in [-0.2, -0.15) is 11.3 Å². The Morgan fingerprint density at radius 1 is 1.39 bits per heavy atom. The Balaban J connectivity index is 0.00000280. The van der Waals surface area contributed by atoms with Crippen molar-refractivity contribution in [2.75, 3.05) is 19.6 Å². The van der Waals surface area contributed by atoms with Crippen LogP contribution in [0.15, 0.2) is 34.5 Å². The second-order valence-electron chi connectivity index (χ2n) is 6.88. The number of piperidine rings is 1. The maximum Gasteiger partial charge on any atom is 0.192 e. The van der Waals surface area contributed by atoms with Crippen LogP contribution < -0.4 is 10.6 Å². The molecule has 0 saturated carbocycles. The molecule has 3 rings (SSSR count). The van der Waals surface area contributed by atoms with E-state index in [1.807, 2.05) is 24.6 Å². The summed E-state index contributed by atoms with van der Waals surface area (Å²) in [6.45, 7) is 10.2. The van der Waals surface area contributed by atoms with Crippen molar-refractivity contribution >= 4 is 41.3 Å². The summed E-state index contributed by atoms with van der Waals surface area (Å²) < 4.78 is 1.97. The first-order valence-electron chi connectivity index (χ1n) is 9.39. The van der Waals surface area contributed by atoms with E-state index in [0.29, 0.717) is 19.1 Å². The molecule has 28 heavy (non-hydrogen) atoms. The van der Waals surface area contributed by atoms with Crippen LogP contribution in [-0.4, -0.2) is 51.3 Å². The van der Waals surface area contributed by atoms with Crippen LogP contribution >= 0.6 is 35.3 Å². The zero-order chi connectivity index (χ0) is 19.1. The molecule has 0 unspecified atom stereocenters. The van der Waals surface area contributed by atoms with Crippen molar-refractivity contribution in [3.63, 3.8) is 0 Å². The highest BCUT2D eigenvalue weighted by Gasteiger charge is 2.20. The van der Waals surface area contributed by atoms with Crippen molar-refractivity contribution < 1.29 is 0 Å². The lowest BCUT2D eigenvalue weighted by molar-refractivity contribution is 0.198. The van der Waals surface area contributed by atoms with Gasteiger partial charge in [-0.25, -0.2) is 4.99 Å². The number of rotatable bonds is 7. The van der Waals surface area contributed by atoms with Gasteiger partial charge in [-0.15, -0.1) is 40.8 Å². The van der Waals surface area contributed by atoms with E-state index in [4.69, 9.17) is 4.99 Å². The molecular weight excluding hydrogens is 485 g/mol. The standard InChI is InChI=1S/C19H29N7S.HI/c1-4-8-20-19(21-12-18-24-23-15(2)25(18)3)22-17-5-9-26(10-6-17)13-16-7-11-27-14-16;/h4,7,11,14,17H,1,5-6,8-10,12-13H2,2-3H3,(H2,20,21,22);1H. The lowest BCUT2D eigenvalue weighted by atomic mass is 10.0. The van der Waals surface area contributed by atoms with Crippen molar-refractivity contribution in [1.82, 2.24) is 30.3 Å². The van der Waals surface area contributed by atoms with Crippen molar-refractivity contribution in [1.29, 1.82) is 0 Å². The van der Waals surface area contributed by atoms with E-state index in [0.717, 1.165) is 50.1 Å². The number of aliphatic imine (C=N–C) groups is 1. The fourth-order valence-electron chi connectivity index (χ4n) is 3.13. The Kier molecular flexibility index (Phi) is 9.39. The molecule has 154 valence electrons. The van der Waals surface area contributed by atoms with Gasteiger partial charge in [0.1, 0.15) is 12.4 Å². The number of hydrogen-bond acceptors (Lipinski definition) is 5. The lowest BCUT2D eigenvalue weighted by Crippen LogP contribution is -2.48. The average Bonchev–Trinajstić information content (AvgIpc) is 3.30. The number of guanidine groups is 1. The summed E-state index contributed by atoms with van der Waals surface area (Å²) in [5, 5.41) is 19.6. The molecule has 9 heteroatoms. The van der Waals surface area contributed by atoms with Gasteiger partial charge < -0.3 is 15.2 Å². The monoisotopic (exact) mass is 515 g/mol. The maximum absolute atomic E-state index is 4.69. The van der Waals surface area contributed by atoms with Gasteiger partial charge in [0, 0.05) is 39.3 Å². The van der Waals surface area contributed by atoms with Crippen LogP contribution in [0.5, 0.6) is 0 Å². The predicted octanol–water partition coefficient (Wildman–Crippen LogP) is 2.69. The quantitative estimate of drug-likeness (QED) is 0.257. The molecule has 0 amide bonds. The van der Waals surface area contributed by atoms with E-state index < -0.39 is 0 Å². The first-order chi connectivity index (χ1) is 13.2. The van der Waals surface area contributed by atoms with Crippen LogP contribution in [0.3, 0.4) is 0 Å². The lowest BCUT2D eigenvalue weighted by Gasteiger charge is -2.33. The van der Waals surface area contributed by atoms with Gasteiger partial charge in [-0.3, -0.25) is 4.90 Å². The molecule has 7 nitrogen and oxygen atoms in total. The molecule has 2 N–H and O–H groups in total. The molecular formula is C19H30IN7S. The van der Waals surface area contributed by atoms with E-state index in [2.05, 4.69) is 49.1 Å². The summed E-state index contributed by atoms with van der Waals surface area (Å²) in [6, 6.07) is 2.65. The van der Waals surface area contributed by atoms with Crippen molar-refractivity contribution in [2.24, 2.45) is 12.0 Å². The molecule has 0 radical (unpaired) electrons. The molecule has 1 aliphatic rings. The minimum Gasteiger partial charge on any atom is -0.354 e. The van der Waals surface area contributed by atoms with Crippen LogP contribution in [0.4, 0.5) is 0 Å². The molecule has 3 heterocycles. The van der Waals surface area contributed by atoms with E-state index in [-0.39, 0.29) is 24.0 Å². The summed E-state index contributed by atoms with van der Waals surface area (Å²) in [4.78, 5) is 7.22. The number of aromatic nitrogens is 3. The molecule has 2 aromatic heterocycles. The Labute approximate surface area is 188 Å². The zero-order valence-electron chi connectivity index (χ0n) is 16.6. The third kappa shape index (κ3) is 6.56. The molecule has 0 atom stereocenters. The van der Waals surface area contributed by atoms with Gasteiger partial charge in [-0.1, -0.05) is 6.08 Å². The molecule has 1 fully saturated rings. The van der Waals surface area contributed by atoms with E-state index in [1.54, 1.807) is 11.3 Å². The van der Waals surface area contributed by atoms with E-state index in [1.165, 1.54) is 5.56 Å². The molecule has 0 spiro atoms. The number of likely N-dealkylation sites (tertiary alicyclic amines) is 1.